The summed E-state index contributed by atoms with van der Waals surface area (Å²) in [5, 5.41) is 11.9. The van der Waals surface area contributed by atoms with E-state index >= 15 is 0 Å². The molecular weight excluding hydrogens is 330 g/mol. The van der Waals surface area contributed by atoms with E-state index in [1.54, 1.807) is 12.5 Å². The largest absolute Gasteiger partial charge is 0.472 e. The molecule has 2 atom stereocenters. The fraction of sp³-hybridized carbons (Fsp3) is 0.286. The number of rotatable bonds is 4. The van der Waals surface area contributed by atoms with E-state index in [0.29, 0.717) is 13.2 Å². The van der Waals surface area contributed by atoms with Gasteiger partial charge in [0.2, 0.25) is 0 Å². The zero-order valence-electron chi connectivity index (χ0n) is 14.4. The van der Waals surface area contributed by atoms with Gasteiger partial charge >= 0.3 is 6.09 Å². The minimum absolute atomic E-state index is 0.198. The van der Waals surface area contributed by atoms with Crippen LogP contribution in [-0.4, -0.2) is 28.7 Å². The summed E-state index contributed by atoms with van der Waals surface area (Å²) in [6.45, 7) is 0.965. The Bertz CT molecular complexity index is 885. The number of ether oxygens (including phenoxy) is 1. The van der Waals surface area contributed by atoms with E-state index in [1.807, 2.05) is 24.3 Å². The Labute approximate surface area is 151 Å². The average molecular weight is 351 g/mol. The van der Waals surface area contributed by atoms with Gasteiger partial charge in [-0.1, -0.05) is 42.5 Å². The van der Waals surface area contributed by atoms with Gasteiger partial charge in [0, 0.05) is 12.1 Å². The second kappa shape index (κ2) is 7.22. The third-order valence-corrected chi connectivity index (χ3v) is 5.04. The van der Waals surface area contributed by atoms with Gasteiger partial charge < -0.3 is 14.3 Å². The van der Waals surface area contributed by atoms with Crippen LogP contribution in [0.15, 0.2) is 65.5 Å². The zero-order chi connectivity index (χ0) is 17.9. The minimum atomic E-state index is -0.922. The Balaban J connectivity index is 1.58. The molecule has 2 aromatic carbocycles. The number of amides is 1. The molecule has 2 heterocycles. The summed E-state index contributed by atoms with van der Waals surface area (Å²) in [7, 11) is 0. The van der Waals surface area contributed by atoms with Crippen LogP contribution < -0.4 is 0 Å². The van der Waals surface area contributed by atoms with Crippen molar-refractivity contribution in [3.05, 3.63) is 72.2 Å². The lowest BCUT2D eigenvalue weighted by Crippen LogP contribution is -2.45. The van der Waals surface area contributed by atoms with Gasteiger partial charge in [0.15, 0.2) is 0 Å². The Morgan fingerprint density at radius 3 is 2.85 bits per heavy atom. The molecule has 1 N–H and O–H groups in total. The number of hydrogen-bond acceptors (Lipinski definition) is 3. The molecule has 0 saturated carbocycles. The van der Waals surface area contributed by atoms with Crippen LogP contribution in [0.4, 0.5) is 4.79 Å². The lowest BCUT2D eigenvalue weighted by molar-refractivity contribution is -0.0450. The first-order chi connectivity index (χ1) is 12.7. The normalized spacial score (nSPS) is 20.4. The molecule has 5 heteroatoms. The van der Waals surface area contributed by atoms with Crippen LogP contribution in [0.2, 0.25) is 0 Å². The third kappa shape index (κ3) is 3.18. The Morgan fingerprint density at radius 2 is 2.04 bits per heavy atom. The van der Waals surface area contributed by atoms with Gasteiger partial charge in [-0.2, -0.15) is 0 Å². The summed E-state index contributed by atoms with van der Waals surface area (Å²) in [5.41, 5.74) is 1.96. The highest BCUT2D eigenvalue weighted by Gasteiger charge is 2.36. The van der Waals surface area contributed by atoms with Crippen molar-refractivity contribution in [3.8, 4) is 0 Å². The van der Waals surface area contributed by atoms with Gasteiger partial charge in [-0.25, -0.2) is 4.79 Å². The van der Waals surface area contributed by atoms with Crippen molar-refractivity contribution in [2.24, 2.45) is 0 Å². The van der Waals surface area contributed by atoms with E-state index in [1.165, 1.54) is 15.7 Å². The number of nitrogens with zero attached hydrogens (tertiary/aromatic N) is 1. The van der Waals surface area contributed by atoms with Crippen LogP contribution in [0.5, 0.6) is 0 Å². The lowest BCUT2D eigenvalue weighted by atomic mass is 9.94. The van der Waals surface area contributed by atoms with Crippen molar-refractivity contribution >= 4 is 16.9 Å². The molecule has 5 nitrogen and oxygen atoms in total. The summed E-state index contributed by atoms with van der Waals surface area (Å²) < 4.78 is 11.4. The first-order valence-electron chi connectivity index (χ1n) is 8.84. The standard InChI is InChI=1S/C21H21NO4/c23-21(24)22-11-4-9-19(20(22)17-10-12-25-13-17)26-14-16-7-3-6-15-5-1-2-8-18(15)16/h1-3,5-8,10,12-13,19-20H,4,9,11,14H2,(H,23,24). The molecule has 0 bridgehead atoms. The van der Waals surface area contributed by atoms with Crippen LogP contribution >= 0.6 is 0 Å². The monoisotopic (exact) mass is 351 g/mol. The third-order valence-electron chi connectivity index (χ3n) is 5.04. The highest BCUT2D eigenvalue weighted by atomic mass is 16.5. The summed E-state index contributed by atoms with van der Waals surface area (Å²) in [6.07, 6.45) is 3.68. The smallest absolute Gasteiger partial charge is 0.407 e. The fourth-order valence-corrected chi connectivity index (χ4v) is 3.80. The highest BCUT2D eigenvalue weighted by molar-refractivity contribution is 5.85. The van der Waals surface area contributed by atoms with Crippen molar-refractivity contribution in [2.45, 2.75) is 31.6 Å². The van der Waals surface area contributed by atoms with Crippen LogP contribution in [0.25, 0.3) is 10.8 Å². The Morgan fingerprint density at radius 1 is 1.19 bits per heavy atom. The first kappa shape index (κ1) is 16.7. The average Bonchev–Trinajstić information content (AvgIpc) is 3.20. The number of likely N-dealkylation sites (tertiary alicyclic amines) is 1. The second-order valence-corrected chi connectivity index (χ2v) is 6.61. The molecule has 0 aliphatic carbocycles. The van der Waals surface area contributed by atoms with E-state index in [-0.39, 0.29) is 12.1 Å². The summed E-state index contributed by atoms with van der Waals surface area (Å²) >= 11 is 0. The molecule has 1 aromatic heterocycles. The number of carboxylic acid groups (broad SMARTS) is 1. The molecule has 1 aliphatic rings. The molecular formula is C21H21NO4. The van der Waals surface area contributed by atoms with Gasteiger partial charge in [0.25, 0.3) is 0 Å². The van der Waals surface area contributed by atoms with Gasteiger partial charge in [-0.05, 0) is 35.2 Å². The van der Waals surface area contributed by atoms with E-state index in [0.717, 1.165) is 24.0 Å². The number of fused-ring (bicyclic) bond motifs is 1. The number of furan rings is 1. The Kier molecular flexibility index (Phi) is 4.63. The number of hydrogen-bond donors (Lipinski definition) is 1. The van der Waals surface area contributed by atoms with E-state index in [2.05, 4.69) is 24.3 Å². The number of piperidine rings is 1. The zero-order valence-corrected chi connectivity index (χ0v) is 14.4. The molecule has 1 saturated heterocycles. The molecule has 0 radical (unpaired) electrons. The SMILES string of the molecule is O=C(O)N1CCCC(OCc2cccc3ccccc23)C1c1ccoc1. The van der Waals surface area contributed by atoms with Crippen molar-refractivity contribution in [1.82, 2.24) is 4.90 Å². The molecule has 2 unspecified atom stereocenters. The molecule has 26 heavy (non-hydrogen) atoms. The molecule has 3 aromatic rings. The maximum atomic E-state index is 11.7. The van der Waals surface area contributed by atoms with Crippen LogP contribution in [0.3, 0.4) is 0 Å². The molecule has 1 fully saturated rings. The van der Waals surface area contributed by atoms with Crippen LogP contribution in [-0.2, 0) is 11.3 Å². The molecule has 1 amide bonds. The maximum absolute atomic E-state index is 11.7. The van der Waals surface area contributed by atoms with Gasteiger partial charge in [-0.15, -0.1) is 0 Å². The molecule has 134 valence electrons. The van der Waals surface area contributed by atoms with Crippen molar-refractivity contribution < 1.29 is 19.1 Å². The van der Waals surface area contributed by atoms with Crippen molar-refractivity contribution in [1.29, 1.82) is 0 Å². The van der Waals surface area contributed by atoms with Crippen molar-refractivity contribution in [3.63, 3.8) is 0 Å². The van der Waals surface area contributed by atoms with Crippen molar-refractivity contribution in [2.75, 3.05) is 6.54 Å². The number of benzene rings is 2. The molecule has 4 rings (SSSR count). The van der Waals surface area contributed by atoms with E-state index in [9.17, 15) is 9.90 Å². The topological polar surface area (TPSA) is 62.9 Å². The predicted octanol–water partition coefficient (Wildman–Crippen LogP) is 4.83. The molecule has 0 spiro atoms. The Hall–Kier alpha value is -2.79. The highest BCUT2D eigenvalue weighted by Crippen LogP contribution is 2.34. The fourth-order valence-electron chi connectivity index (χ4n) is 3.80. The van der Waals surface area contributed by atoms with Gasteiger partial charge in [0.1, 0.15) is 0 Å². The first-order valence-corrected chi connectivity index (χ1v) is 8.84. The van der Waals surface area contributed by atoms with Gasteiger partial charge in [-0.3, -0.25) is 4.90 Å². The van der Waals surface area contributed by atoms with Crippen LogP contribution in [0.1, 0.15) is 30.0 Å². The quantitative estimate of drug-likeness (QED) is 0.731. The molecule has 1 aliphatic heterocycles. The van der Waals surface area contributed by atoms with E-state index < -0.39 is 6.09 Å². The number of carbonyl (C=O) groups is 1. The summed E-state index contributed by atoms with van der Waals surface area (Å²) in [4.78, 5) is 13.2. The van der Waals surface area contributed by atoms with Gasteiger partial charge in [0.05, 0.1) is 31.3 Å². The lowest BCUT2D eigenvalue weighted by Gasteiger charge is -2.39. The predicted molar refractivity (Wildman–Crippen MR) is 97.9 cm³/mol. The minimum Gasteiger partial charge on any atom is -0.472 e. The second-order valence-electron chi connectivity index (χ2n) is 6.61. The van der Waals surface area contributed by atoms with E-state index in [4.69, 9.17) is 9.15 Å². The summed E-state index contributed by atoms with van der Waals surface area (Å²) in [5.74, 6) is 0. The summed E-state index contributed by atoms with van der Waals surface area (Å²) in [6, 6.07) is 15.9. The maximum Gasteiger partial charge on any atom is 0.407 e. The van der Waals surface area contributed by atoms with Crippen LogP contribution in [0, 0.1) is 0 Å².